The number of fused-ring (bicyclic) bond motifs is 1. The lowest BCUT2D eigenvalue weighted by atomic mass is 10.1. The van der Waals surface area contributed by atoms with Gasteiger partial charge in [0.25, 0.3) is 5.56 Å². The summed E-state index contributed by atoms with van der Waals surface area (Å²) in [6.07, 6.45) is -1.95. The molecule has 8 heteroatoms. The molecule has 0 aliphatic carbocycles. The van der Waals surface area contributed by atoms with Gasteiger partial charge in [0.1, 0.15) is 16.3 Å². The third kappa shape index (κ3) is 3.58. The van der Waals surface area contributed by atoms with Gasteiger partial charge in [-0.15, -0.1) is 11.3 Å². The van der Waals surface area contributed by atoms with Gasteiger partial charge in [0.05, 0.1) is 16.8 Å². The Balaban J connectivity index is 2.00. The molecule has 29 heavy (non-hydrogen) atoms. The summed E-state index contributed by atoms with van der Waals surface area (Å²) in [4.78, 5) is 17.4. The molecule has 0 aliphatic rings. The molecular formula is C21H12F4N2OS. The van der Waals surface area contributed by atoms with Crippen LogP contribution in [0.3, 0.4) is 0 Å². The molecule has 0 unspecified atom stereocenters. The fourth-order valence-electron chi connectivity index (χ4n) is 2.96. The summed E-state index contributed by atoms with van der Waals surface area (Å²) in [6.45, 7) is 0. The Labute approximate surface area is 166 Å². The van der Waals surface area contributed by atoms with Gasteiger partial charge in [0.2, 0.25) is 0 Å². The first-order valence-electron chi connectivity index (χ1n) is 8.46. The first kappa shape index (κ1) is 19.1. The highest BCUT2D eigenvalue weighted by Gasteiger charge is 2.34. The Hall–Kier alpha value is -3.26. The van der Waals surface area contributed by atoms with E-state index in [4.69, 9.17) is 0 Å². The summed E-state index contributed by atoms with van der Waals surface area (Å²) >= 11 is 1.10. The zero-order valence-electron chi connectivity index (χ0n) is 14.7. The minimum Gasteiger partial charge on any atom is -0.267 e. The van der Waals surface area contributed by atoms with Gasteiger partial charge in [-0.1, -0.05) is 30.3 Å². The SMILES string of the molecule is O=c1c2sccc2nc(C=Cc2ccccc2F)n1-c1ccccc1C(F)(F)F. The summed E-state index contributed by atoms with van der Waals surface area (Å²) in [7, 11) is 0. The van der Waals surface area contributed by atoms with Crippen LogP contribution < -0.4 is 5.56 Å². The third-order valence-corrected chi connectivity index (χ3v) is 5.17. The first-order chi connectivity index (χ1) is 13.9. The second-order valence-electron chi connectivity index (χ2n) is 6.12. The number of nitrogens with zero attached hydrogens (tertiary/aromatic N) is 2. The molecule has 2 aromatic heterocycles. The van der Waals surface area contributed by atoms with Crippen LogP contribution in [-0.2, 0) is 6.18 Å². The van der Waals surface area contributed by atoms with Crippen LogP contribution in [0.5, 0.6) is 0 Å². The molecular weight excluding hydrogens is 404 g/mol. The quantitative estimate of drug-likeness (QED) is 0.397. The summed E-state index contributed by atoms with van der Waals surface area (Å²) in [5, 5.41) is 1.64. The molecule has 146 valence electrons. The molecule has 0 fully saturated rings. The number of hydrogen-bond donors (Lipinski definition) is 0. The fraction of sp³-hybridized carbons (Fsp3) is 0.0476. The van der Waals surface area contributed by atoms with Crippen molar-refractivity contribution in [3.63, 3.8) is 0 Å². The summed E-state index contributed by atoms with van der Waals surface area (Å²) < 4.78 is 55.8. The number of para-hydroxylation sites is 1. The maximum atomic E-state index is 13.9. The van der Waals surface area contributed by atoms with Gasteiger partial charge >= 0.3 is 6.18 Å². The van der Waals surface area contributed by atoms with Gasteiger partial charge in [0, 0.05) is 5.56 Å². The van der Waals surface area contributed by atoms with E-state index in [1.165, 1.54) is 48.6 Å². The molecule has 0 radical (unpaired) electrons. The highest BCUT2D eigenvalue weighted by molar-refractivity contribution is 7.17. The van der Waals surface area contributed by atoms with E-state index in [2.05, 4.69) is 4.98 Å². The van der Waals surface area contributed by atoms with Crippen LogP contribution in [0.15, 0.2) is 64.8 Å². The largest absolute Gasteiger partial charge is 0.418 e. The Morgan fingerprint density at radius 3 is 2.45 bits per heavy atom. The monoisotopic (exact) mass is 416 g/mol. The van der Waals surface area contributed by atoms with Crippen molar-refractivity contribution in [2.45, 2.75) is 6.18 Å². The Kier molecular flexibility index (Phi) is 4.79. The molecule has 0 bridgehead atoms. The van der Waals surface area contributed by atoms with Gasteiger partial charge in [-0.25, -0.2) is 9.37 Å². The summed E-state index contributed by atoms with van der Waals surface area (Å²) in [5.74, 6) is -0.522. The average Bonchev–Trinajstić information content (AvgIpc) is 3.16. The lowest BCUT2D eigenvalue weighted by Gasteiger charge is -2.16. The van der Waals surface area contributed by atoms with Crippen LogP contribution in [0.25, 0.3) is 28.1 Å². The molecule has 4 aromatic rings. The van der Waals surface area contributed by atoms with Crippen molar-refractivity contribution >= 4 is 33.7 Å². The van der Waals surface area contributed by atoms with Crippen LogP contribution in [0.1, 0.15) is 17.0 Å². The molecule has 0 aliphatic heterocycles. The number of benzene rings is 2. The molecule has 4 rings (SSSR count). The van der Waals surface area contributed by atoms with Crippen LogP contribution in [0.4, 0.5) is 17.6 Å². The van der Waals surface area contributed by atoms with Crippen LogP contribution in [0, 0.1) is 5.82 Å². The van der Waals surface area contributed by atoms with Gasteiger partial charge in [-0.2, -0.15) is 13.2 Å². The van der Waals surface area contributed by atoms with Crippen LogP contribution in [0.2, 0.25) is 0 Å². The minimum absolute atomic E-state index is 0.0270. The van der Waals surface area contributed by atoms with Crippen molar-refractivity contribution in [2.24, 2.45) is 0 Å². The molecule has 0 saturated carbocycles. The number of hydrogen-bond acceptors (Lipinski definition) is 3. The summed E-state index contributed by atoms with van der Waals surface area (Å²) in [5.41, 5.74) is -1.31. The number of thiophene rings is 1. The lowest BCUT2D eigenvalue weighted by molar-refractivity contribution is -0.137. The third-order valence-electron chi connectivity index (χ3n) is 4.27. The van der Waals surface area contributed by atoms with Gasteiger partial charge in [-0.3, -0.25) is 9.36 Å². The standard InChI is InChI=1S/C21H12F4N2OS/c22-15-7-3-1-5-13(15)9-10-18-26-16-11-12-29-19(16)20(28)27(18)17-8-4-2-6-14(17)21(23,24)25/h1-12H. The highest BCUT2D eigenvalue weighted by Crippen LogP contribution is 2.34. The van der Waals surface area contributed by atoms with E-state index in [1.54, 1.807) is 17.5 Å². The maximum Gasteiger partial charge on any atom is 0.418 e. The average molecular weight is 416 g/mol. The number of aromatic nitrogens is 2. The van der Waals surface area contributed by atoms with Gasteiger partial charge in [-0.05, 0) is 41.8 Å². The van der Waals surface area contributed by atoms with Gasteiger partial charge in [0.15, 0.2) is 0 Å². The molecule has 0 N–H and O–H groups in total. The molecule has 2 heterocycles. The maximum absolute atomic E-state index is 13.9. The predicted molar refractivity (Wildman–Crippen MR) is 106 cm³/mol. The molecule has 0 spiro atoms. The van der Waals surface area contributed by atoms with E-state index < -0.39 is 23.1 Å². The smallest absolute Gasteiger partial charge is 0.267 e. The van der Waals surface area contributed by atoms with E-state index in [9.17, 15) is 22.4 Å². The van der Waals surface area contributed by atoms with Crippen molar-refractivity contribution in [3.8, 4) is 5.69 Å². The Bertz CT molecular complexity index is 1290. The predicted octanol–water partition coefficient (Wildman–Crippen LogP) is 5.78. The second kappa shape index (κ2) is 7.29. The zero-order chi connectivity index (χ0) is 20.6. The molecule has 0 atom stereocenters. The van der Waals surface area contributed by atoms with Crippen molar-refractivity contribution in [3.05, 3.63) is 93.1 Å². The molecule has 0 amide bonds. The zero-order valence-corrected chi connectivity index (χ0v) is 15.5. The fourth-order valence-corrected chi connectivity index (χ4v) is 3.72. The van der Waals surface area contributed by atoms with E-state index in [0.29, 0.717) is 5.52 Å². The number of halogens is 4. The molecule has 2 aromatic carbocycles. The molecule has 0 saturated heterocycles. The number of rotatable bonds is 3. The van der Waals surface area contributed by atoms with Gasteiger partial charge < -0.3 is 0 Å². The van der Waals surface area contributed by atoms with E-state index in [0.717, 1.165) is 22.0 Å². The molecule has 3 nitrogen and oxygen atoms in total. The van der Waals surface area contributed by atoms with E-state index in [1.807, 2.05) is 0 Å². The van der Waals surface area contributed by atoms with Crippen molar-refractivity contribution in [1.29, 1.82) is 0 Å². The van der Waals surface area contributed by atoms with E-state index in [-0.39, 0.29) is 21.8 Å². The van der Waals surface area contributed by atoms with Crippen molar-refractivity contribution in [1.82, 2.24) is 9.55 Å². The van der Waals surface area contributed by atoms with Crippen molar-refractivity contribution < 1.29 is 17.6 Å². The van der Waals surface area contributed by atoms with E-state index >= 15 is 0 Å². The van der Waals surface area contributed by atoms with Crippen molar-refractivity contribution in [2.75, 3.05) is 0 Å². The topological polar surface area (TPSA) is 34.9 Å². The lowest BCUT2D eigenvalue weighted by Crippen LogP contribution is -2.24. The number of alkyl halides is 3. The normalized spacial score (nSPS) is 12.1. The second-order valence-corrected chi connectivity index (χ2v) is 7.03. The Morgan fingerprint density at radius 2 is 1.69 bits per heavy atom. The first-order valence-corrected chi connectivity index (χ1v) is 9.33. The van der Waals surface area contributed by atoms with Crippen LogP contribution >= 0.6 is 11.3 Å². The minimum atomic E-state index is -4.66. The summed E-state index contributed by atoms with van der Waals surface area (Å²) in [6, 6.07) is 12.3. The highest BCUT2D eigenvalue weighted by atomic mass is 32.1. The van der Waals surface area contributed by atoms with Crippen LogP contribution in [-0.4, -0.2) is 9.55 Å². The Morgan fingerprint density at radius 1 is 0.966 bits per heavy atom.